The van der Waals surface area contributed by atoms with Crippen molar-refractivity contribution in [2.75, 3.05) is 16.9 Å². The zero-order chi connectivity index (χ0) is 13.8. The molecule has 1 aliphatic rings. The highest BCUT2D eigenvalue weighted by atomic mass is 32.2. The van der Waals surface area contributed by atoms with Crippen LogP contribution < -0.4 is 5.43 Å². The molecule has 0 aliphatic carbocycles. The fourth-order valence-corrected chi connectivity index (χ4v) is 2.53. The average molecular weight is 282 g/mol. The predicted molar refractivity (Wildman–Crippen MR) is 72.8 cm³/mol. The van der Waals surface area contributed by atoms with Gasteiger partial charge in [-0.2, -0.15) is 16.9 Å². The second kappa shape index (κ2) is 5.65. The van der Waals surface area contributed by atoms with Gasteiger partial charge in [-0.1, -0.05) is 0 Å². The molecular weight excluding hydrogens is 272 g/mol. The van der Waals surface area contributed by atoms with E-state index in [2.05, 4.69) is 10.5 Å². The topological polar surface area (TPSA) is 111 Å². The minimum absolute atomic E-state index is 0.153. The van der Waals surface area contributed by atoms with E-state index in [4.69, 9.17) is 0 Å². The number of thioether (sulfide) groups is 1. The first-order valence-corrected chi connectivity index (χ1v) is 6.55. The maximum absolute atomic E-state index is 10.9. The number of hydrogen-bond acceptors (Lipinski definition) is 7. The Morgan fingerprint density at radius 3 is 2.63 bits per heavy atom. The number of rotatable bonds is 4. The number of nitrogens with one attached hydrogen (secondary N) is 1. The number of non-ortho nitro benzene ring substituents is 1. The molecule has 0 spiro atoms. The Labute approximate surface area is 112 Å². The number of nitrogens with zero attached hydrogens (tertiary/aromatic N) is 3. The van der Waals surface area contributed by atoms with Gasteiger partial charge in [0.1, 0.15) is 5.69 Å². The fourth-order valence-electron chi connectivity index (χ4n) is 1.56. The molecule has 2 rings (SSSR count). The van der Waals surface area contributed by atoms with E-state index in [9.17, 15) is 20.2 Å². The van der Waals surface area contributed by atoms with Crippen LogP contribution in [0.2, 0.25) is 0 Å². The van der Waals surface area contributed by atoms with Crippen LogP contribution in [0.15, 0.2) is 23.3 Å². The van der Waals surface area contributed by atoms with Crippen molar-refractivity contribution in [1.82, 2.24) is 0 Å². The summed E-state index contributed by atoms with van der Waals surface area (Å²) in [5.74, 6) is 1.79. The van der Waals surface area contributed by atoms with Crippen molar-refractivity contribution in [2.24, 2.45) is 5.10 Å². The van der Waals surface area contributed by atoms with E-state index in [1.807, 2.05) is 0 Å². The number of benzene rings is 1. The quantitative estimate of drug-likeness (QED) is 0.670. The summed E-state index contributed by atoms with van der Waals surface area (Å²) >= 11 is 1.74. The highest BCUT2D eigenvalue weighted by Crippen LogP contribution is 2.29. The maximum Gasteiger partial charge on any atom is 0.301 e. The summed E-state index contributed by atoms with van der Waals surface area (Å²) in [6.45, 7) is 0. The molecule has 100 valence electrons. The highest BCUT2D eigenvalue weighted by Gasteiger charge is 2.19. The van der Waals surface area contributed by atoms with Crippen LogP contribution in [0.5, 0.6) is 0 Å². The summed E-state index contributed by atoms with van der Waals surface area (Å²) < 4.78 is 0. The number of nitro benzene ring substituents is 2. The standard InChI is InChI=1S/C10H10N4O4S/c15-13(16)8-1-2-9(10(5-8)14(17)18)12-11-7-3-4-19-6-7/h1-2,5,12H,3-4,6H2/b11-7+. The molecule has 0 unspecified atom stereocenters. The third-order valence-corrected chi connectivity index (χ3v) is 3.56. The van der Waals surface area contributed by atoms with Crippen molar-refractivity contribution >= 4 is 34.5 Å². The summed E-state index contributed by atoms with van der Waals surface area (Å²) in [5, 5.41) is 25.6. The van der Waals surface area contributed by atoms with E-state index in [1.54, 1.807) is 11.8 Å². The van der Waals surface area contributed by atoms with Gasteiger partial charge >= 0.3 is 5.69 Å². The molecule has 9 heteroatoms. The van der Waals surface area contributed by atoms with Gasteiger partial charge in [0.15, 0.2) is 0 Å². The van der Waals surface area contributed by atoms with Gasteiger partial charge in [-0.3, -0.25) is 25.7 Å². The fraction of sp³-hybridized carbons (Fsp3) is 0.300. The second-order valence-electron chi connectivity index (χ2n) is 3.81. The van der Waals surface area contributed by atoms with Crippen LogP contribution in [-0.4, -0.2) is 27.1 Å². The van der Waals surface area contributed by atoms with E-state index in [-0.39, 0.29) is 17.1 Å². The monoisotopic (exact) mass is 282 g/mol. The van der Waals surface area contributed by atoms with Crippen molar-refractivity contribution in [3.63, 3.8) is 0 Å². The van der Waals surface area contributed by atoms with E-state index in [0.717, 1.165) is 29.7 Å². The van der Waals surface area contributed by atoms with Crippen LogP contribution in [0, 0.1) is 20.2 Å². The van der Waals surface area contributed by atoms with Crippen molar-refractivity contribution in [2.45, 2.75) is 6.42 Å². The maximum atomic E-state index is 10.9. The lowest BCUT2D eigenvalue weighted by molar-refractivity contribution is -0.393. The van der Waals surface area contributed by atoms with Crippen LogP contribution in [-0.2, 0) is 0 Å². The molecule has 0 atom stereocenters. The zero-order valence-electron chi connectivity index (χ0n) is 9.74. The Kier molecular flexibility index (Phi) is 3.95. The van der Waals surface area contributed by atoms with Gasteiger partial charge in [0.25, 0.3) is 5.69 Å². The zero-order valence-corrected chi connectivity index (χ0v) is 10.6. The minimum Gasteiger partial charge on any atom is -0.272 e. The summed E-state index contributed by atoms with van der Waals surface area (Å²) in [5.41, 5.74) is 3.02. The van der Waals surface area contributed by atoms with E-state index in [1.165, 1.54) is 12.1 Å². The van der Waals surface area contributed by atoms with E-state index < -0.39 is 9.85 Å². The summed E-state index contributed by atoms with van der Waals surface area (Å²) in [7, 11) is 0. The second-order valence-corrected chi connectivity index (χ2v) is 4.91. The number of nitro groups is 2. The Balaban J connectivity index is 2.26. The van der Waals surface area contributed by atoms with Crippen molar-refractivity contribution in [3.8, 4) is 0 Å². The predicted octanol–water partition coefficient (Wildman–Crippen LogP) is 2.41. The first kappa shape index (κ1) is 13.3. The molecule has 1 aromatic rings. The molecule has 0 saturated carbocycles. The Morgan fingerprint density at radius 2 is 2.05 bits per heavy atom. The smallest absolute Gasteiger partial charge is 0.272 e. The molecule has 0 aromatic heterocycles. The largest absolute Gasteiger partial charge is 0.301 e. The van der Waals surface area contributed by atoms with Crippen LogP contribution in [0.3, 0.4) is 0 Å². The lowest BCUT2D eigenvalue weighted by atomic mass is 10.2. The number of hydrazone groups is 1. The molecular formula is C10H10N4O4S. The third-order valence-electron chi connectivity index (χ3n) is 2.53. The molecule has 1 N–H and O–H groups in total. The first-order chi connectivity index (χ1) is 9.08. The van der Waals surface area contributed by atoms with Gasteiger partial charge in [0.05, 0.1) is 15.9 Å². The summed E-state index contributed by atoms with van der Waals surface area (Å²) in [6.07, 6.45) is 0.846. The molecule has 1 heterocycles. The molecule has 1 saturated heterocycles. The summed E-state index contributed by atoms with van der Waals surface area (Å²) in [4.78, 5) is 20.1. The highest BCUT2D eigenvalue weighted by molar-refractivity contribution is 8.00. The van der Waals surface area contributed by atoms with Crippen LogP contribution in [0.25, 0.3) is 0 Å². The SMILES string of the molecule is O=[N+]([O-])c1ccc(N/N=C2\CCSC2)c([N+](=O)[O-])c1. The Bertz CT molecular complexity index is 552. The lowest BCUT2D eigenvalue weighted by Crippen LogP contribution is -2.02. The van der Waals surface area contributed by atoms with E-state index in [0.29, 0.717) is 0 Å². The van der Waals surface area contributed by atoms with Crippen molar-refractivity contribution < 1.29 is 9.85 Å². The molecule has 0 amide bonds. The summed E-state index contributed by atoms with van der Waals surface area (Å²) in [6, 6.07) is 3.42. The van der Waals surface area contributed by atoms with Gasteiger partial charge in [-0.25, -0.2) is 0 Å². The van der Waals surface area contributed by atoms with Gasteiger partial charge in [-0.15, -0.1) is 0 Å². The molecule has 0 radical (unpaired) electrons. The minimum atomic E-state index is -0.670. The number of anilines is 1. The molecule has 19 heavy (non-hydrogen) atoms. The lowest BCUT2D eigenvalue weighted by Gasteiger charge is -2.03. The first-order valence-electron chi connectivity index (χ1n) is 5.40. The van der Waals surface area contributed by atoms with Crippen LogP contribution in [0.1, 0.15) is 6.42 Å². The van der Waals surface area contributed by atoms with E-state index >= 15 is 0 Å². The van der Waals surface area contributed by atoms with Gasteiger partial charge in [0, 0.05) is 17.5 Å². The Morgan fingerprint density at radius 1 is 1.26 bits per heavy atom. The van der Waals surface area contributed by atoms with Gasteiger partial charge in [-0.05, 0) is 18.2 Å². The normalized spacial score (nSPS) is 16.5. The molecule has 8 nitrogen and oxygen atoms in total. The molecule has 1 fully saturated rings. The molecule has 0 bridgehead atoms. The number of hydrogen-bond donors (Lipinski definition) is 1. The van der Waals surface area contributed by atoms with Gasteiger partial charge in [0.2, 0.25) is 0 Å². The molecule has 1 aromatic carbocycles. The van der Waals surface area contributed by atoms with Crippen LogP contribution >= 0.6 is 11.8 Å². The van der Waals surface area contributed by atoms with Crippen LogP contribution in [0.4, 0.5) is 17.1 Å². The molecule has 1 aliphatic heterocycles. The Hall–Kier alpha value is -2.16. The van der Waals surface area contributed by atoms with Crippen molar-refractivity contribution in [3.05, 3.63) is 38.4 Å². The van der Waals surface area contributed by atoms with Gasteiger partial charge < -0.3 is 0 Å². The van der Waals surface area contributed by atoms with Crippen molar-refractivity contribution in [1.29, 1.82) is 0 Å². The average Bonchev–Trinajstić information content (AvgIpc) is 2.89. The third kappa shape index (κ3) is 3.19.